The number of fused-ring (bicyclic) bond motifs is 5. The second kappa shape index (κ2) is 8.94. The van der Waals surface area contributed by atoms with Crippen LogP contribution in [0.15, 0.2) is 89.6 Å². The monoisotopic (exact) mass is 527 g/mol. The zero-order chi connectivity index (χ0) is 29.3. The summed E-state index contributed by atoms with van der Waals surface area (Å²) in [7, 11) is 1.94. The van der Waals surface area contributed by atoms with Crippen LogP contribution in [0.5, 0.6) is 0 Å². The second-order valence-electron chi connectivity index (χ2n) is 10.5. The van der Waals surface area contributed by atoms with Gasteiger partial charge in [-0.15, -0.1) is 0 Å². The normalized spacial score (nSPS) is 13.7. The zero-order valence-electron chi connectivity index (χ0n) is 24.0. The molecule has 3 aromatic carbocycles. The summed E-state index contributed by atoms with van der Waals surface area (Å²) in [6.45, 7) is 3.79. The molecule has 3 nitrogen and oxygen atoms in total. The van der Waals surface area contributed by atoms with Crippen molar-refractivity contribution in [1.29, 1.82) is 0 Å². The Morgan fingerprint density at radius 2 is 1.72 bits per heavy atom. The minimum atomic E-state index is -4.72. The molecular weight excluding hydrogens is 497 g/mol. The molecule has 0 radical (unpaired) electrons. The number of pyridine rings is 2. The third kappa shape index (κ3) is 4.34. The van der Waals surface area contributed by atoms with E-state index in [1.165, 1.54) is 12.3 Å². The SMILES string of the molecule is [2H]C([2H])(c1ccc(-c2cc[n+](C)c(-c3cc4oc5c6ccccc6ccc5c4cc3C)c2)nc1)C(C)(C)C(F)(F)F. The predicted molar refractivity (Wildman–Crippen MR) is 149 cm³/mol. The quantitative estimate of drug-likeness (QED) is 0.215. The van der Waals surface area contributed by atoms with Crippen LogP contribution in [0, 0.1) is 12.3 Å². The maximum atomic E-state index is 13.6. The van der Waals surface area contributed by atoms with Gasteiger partial charge in [-0.1, -0.05) is 50.2 Å². The molecule has 0 unspecified atom stereocenters. The second-order valence-corrected chi connectivity index (χ2v) is 10.5. The van der Waals surface area contributed by atoms with Crippen LogP contribution in [0.25, 0.3) is 55.2 Å². The van der Waals surface area contributed by atoms with E-state index < -0.39 is 18.0 Å². The molecule has 0 fully saturated rings. The van der Waals surface area contributed by atoms with Crippen molar-refractivity contribution in [1.82, 2.24) is 4.98 Å². The zero-order valence-corrected chi connectivity index (χ0v) is 22.0. The molecule has 0 atom stereocenters. The van der Waals surface area contributed by atoms with E-state index in [0.29, 0.717) is 5.69 Å². The smallest absolute Gasteiger partial charge is 0.394 e. The molecule has 0 aliphatic carbocycles. The Kier molecular flexibility index (Phi) is 5.22. The van der Waals surface area contributed by atoms with Crippen LogP contribution in [0.2, 0.25) is 0 Å². The molecule has 6 rings (SSSR count). The number of nitrogens with zero attached hydrogens (tertiary/aromatic N) is 2. The summed E-state index contributed by atoms with van der Waals surface area (Å²) >= 11 is 0. The molecule has 0 saturated carbocycles. The van der Waals surface area contributed by atoms with Crippen molar-refractivity contribution in [3.8, 4) is 22.5 Å². The van der Waals surface area contributed by atoms with Crippen molar-refractivity contribution in [3.63, 3.8) is 0 Å². The van der Waals surface area contributed by atoms with Gasteiger partial charge in [0, 0.05) is 42.8 Å². The fourth-order valence-electron chi connectivity index (χ4n) is 5.00. The maximum absolute atomic E-state index is 13.6. The van der Waals surface area contributed by atoms with E-state index >= 15 is 0 Å². The van der Waals surface area contributed by atoms with Gasteiger partial charge in [-0.25, -0.2) is 4.57 Å². The van der Waals surface area contributed by atoms with E-state index in [0.717, 1.165) is 68.9 Å². The first-order chi connectivity index (χ1) is 19.3. The minimum Gasteiger partial charge on any atom is -0.455 e. The van der Waals surface area contributed by atoms with Crippen LogP contribution in [-0.2, 0) is 13.4 Å². The summed E-state index contributed by atoms with van der Waals surface area (Å²) in [6, 6.07) is 23.3. The van der Waals surface area contributed by atoms with Crippen LogP contribution in [0.1, 0.15) is 27.7 Å². The number of halogens is 3. The molecule has 0 saturated heterocycles. The Bertz CT molecular complexity index is 1960. The molecule has 0 amide bonds. The van der Waals surface area contributed by atoms with E-state index in [9.17, 15) is 13.2 Å². The van der Waals surface area contributed by atoms with E-state index in [1.807, 2.05) is 48.1 Å². The predicted octanol–water partition coefficient (Wildman–Crippen LogP) is 8.73. The van der Waals surface area contributed by atoms with E-state index in [1.54, 1.807) is 6.07 Å². The first-order valence-corrected chi connectivity index (χ1v) is 12.7. The lowest BCUT2D eigenvalue weighted by Crippen LogP contribution is -2.34. The van der Waals surface area contributed by atoms with Gasteiger partial charge < -0.3 is 4.42 Å². The van der Waals surface area contributed by atoms with E-state index in [4.69, 9.17) is 7.16 Å². The molecule has 6 heteroatoms. The van der Waals surface area contributed by atoms with Gasteiger partial charge in [-0.3, -0.25) is 4.98 Å². The molecular formula is C33H28F3N2O+. The van der Waals surface area contributed by atoms with Crippen molar-refractivity contribution in [2.24, 2.45) is 12.5 Å². The van der Waals surface area contributed by atoms with Crippen molar-refractivity contribution in [2.45, 2.75) is 33.3 Å². The van der Waals surface area contributed by atoms with Gasteiger partial charge in [0.1, 0.15) is 18.2 Å². The fourth-order valence-corrected chi connectivity index (χ4v) is 5.00. The molecule has 0 aliphatic heterocycles. The van der Waals surface area contributed by atoms with Crippen molar-refractivity contribution < 1.29 is 24.9 Å². The van der Waals surface area contributed by atoms with Crippen molar-refractivity contribution >= 4 is 32.7 Å². The largest absolute Gasteiger partial charge is 0.455 e. The van der Waals surface area contributed by atoms with Crippen LogP contribution in [-0.4, -0.2) is 11.2 Å². The fraction of sp³-hybridized carbons (Fsp3) is 0.212. The summed E-state index contributed by atoms with van der Waals surface area (Å²) in [6.07, 6.45) is -4.27. The van der Waals surface area contributed by atoms with Crippen LogP contribution in [0.3, 0.4) is 0 Å². The molecule has 196 valence electrons. The van der Waals surface area contributed by atoms with Gasteiger partial charge in [-0.05, 0) is 54.1 Å². The molecule has 0 bridgehead atoms. The summed E-state index contributed by atoms with van der Waals surface area (Å²) < 4.78 is 65.7. The molecule has 6 aromatic rings. The summed E-state index contributed by atoms with van der Waals surface area (Å²) in [5.41, 5.74) is 3.16. The number of hydrogen-bond donors (Lipinski definition) is 0. The van der Waals surface area contributed by atoms with Gasteiger partial charge in [0.2, 0.25) is 5.69 Å². The molecule has 3 aromatic heterocycles. The minimum absolute atomic E-state index is 0.121. The van der Waals surface area contributed by atoms with E-state index in [2.05, 4.69) is 42.2 Å². The number of rotatable bonds is 4. The summed E-state index contributed by atoms with van der Waals surface area (Å²) in [4.78, 5) is 4.37. The third-order valence-corrected chi connectivity index (χ3v) is 7.36. The molecule has 3 heterocycles. The average molecular weight is 528 g/mol. The molecule has 0 spiro atoms. The van der Waals surface area contributed by atoms with Gasteiger partial charge in [0.25, 0.3) is 0 Å². The lowest BCUT2D eigenvalue weighted by Gasteiger charge is -2.27. The van der Waals surface area contributed by atoms with E-state index in [-0.39, 0.29) is 5.56 Å². The van der Waals surface area contributed by atoms with Crippen LogP contribution in [0.4, 0.5) is 13.2 Å². The number of aryl methyl sites for hydroxylation is 2. The molecule has 39 heavy (non-hydrogen) atoms. The van der Waals surface area contributed by atoms with Gasteiger partial charge >= 0.3 is 6.18 Å². The Labute approximate surface area is 227 Å². The van der Waals surface area contributed by atoms with Crippen molar-refractivity contribution in [3.05, 3.63) is 96.3 Å². The number of furan rings is 1. The first-order valence-electron chi connectivity index (χ1n) is 13.7. The Balaban J connectivity index is 1.42. The van der Waals surface area contributed by atoms with Crippen molar-refractivity contribution in [2.75, 3.05) is 0 Å². The highest BCUT2D eigenvalue weighted by molar-refractivity contribution is 6.15. The van der Waals surface area contributed by atoms with Crippen LogP contribution < -0.4 is 4.57 Å². The Morgan fingerprint density at radius 3 is 2.46 bits per heavy atom. The van der Waals surface area contributed by atoms with Gasteiger partial charge in [0.15, 0.2) is 6.20 Å². The van der Waals surface area contributed by atoms with Crippen LogP contribution >= 0.6 is 0 Å². The molecule has 0 aliphatic rings. The number of benzene rings is 3. The number of hydrogen-bond acceptors (Lipinski definition) is 2. The van der Waals surface area contributed by atoms with Gasteiger partial charge in [0.05, 0.1) is 16.7 Å². The topological polar surface area (TPSA) is 29.9 Å². The first kappa shape index (κ1) is 22.8. The molecule has 0 N–H and O–H groups in total. The third-order valence-electron chi connectivity index (χ3n) is 7.36. The maximum Gasteiger partial charge on any atom is 0.394 e. The highest BCUT2D eigenvalue weighted by Gasteiger charge is 2.47. The Hall–Kier alpha value is -4.19. The average Bonchev–Trinajstić information content (AvgIpc) is 3.30. The number of aromatic nitrogens is 2. The highest BCUT2D eigenvalue weighted by atomic mass is 19.4. The standard InChI is InChI=1S/C33H28F3N2O/c1-20-15-27-25-11-10-22-7-5-6-8-24(22)31(25)39-30(27)17-26(20)29-16-23(13-14-38(29)4)28-12-9-21(19-37-28)18-32(2,3)33(34,35)36/h5-17,19H,18H2,1-4H3/q+1/i18D2. The highest BCUT2D eigenvalue weighted by Crippen LogP contribution is 2.40. The number of alkyl halides is 3. The van der Waals surface area contributed by atoms with Gasteiger partial charge in [-0.2, -0.15) is 13.2 Å². The summed E-state index contributed by atoms with van der Waals surface area (Å²) in [5, 5.41) is 4.28. The lowest BCUT2D eigenvalue weighted by atomic mass is 9.85. The Morgan fingerprint density at radius 1 is 0.923 bits per heavy atom. The summed E-state index contributed by atoms with van der Waals surface area (Å²) in [5.74, 6) is 0. The lowest BCUT2D eigenvalue weighted by molar-refractivity contribution is -0.660.